The Balaban J connectivity index is 2.09. The second-order valence-corrected chi connectivity index (χ2v) is 4.84. The predicted octanol–water partition coefficient (Wildman–Crippen LogP) is 3.66. The molecule has 1 saturated carbocycles. The summed E-state index contributed by atoms with van der Waals surface area (Å²) in [6.07, 6.45) is 5.06. The zero-order valence-electron chi connectivity index (χ0n) is 8.52. The Kier molecular flexibility index (Phi) is 1.56. The summed E-state index contributed by atoms with van der Waals surface area (Å²) in [5.74, 6) is 0.563. The highest BCUT2D eigenvalue weighted by Crippen LogP contribution is 2.63. The monoisotopic (exact) mass is 190 g/mol. The summed E-state index contributed by atoms with van der Waals surface area (Å²) in [7, 11) is 0. The molecule has 1 aromatic rings. The molecule has 14 heavy (non-hydrogen) atoms. The van der Waals surface area contributed by atoms with Gasteiger partial charge in [-0.15, -0.1) is 0 Å². The largest absolute Gasteiger partial charge is 0.207 e. The van der Waals surface area contributed by atoms with Crippen LogP contribution in [0.15, 0.2) is 18.2 Å². The van der Waals surface area contributed by atoms with E-state index in [1.807, 2.05) is 6.07 Å². The van der Waals surface area contributed by atoms with Crippen LogP contribution in [0, 0.1) is 11.2 Å². The lowest BCUT2D eigenvalue weighted by atomic mass is 9.87. The molecule has 0 aromatic heterocycles. The third kappa shape index (κ3) is 0.985. The van der Waals surface area contributed by atoms with E-state index in [-0.39, 0.29) is 5.82 Å². The second-order valence-electron chi connectivity index (χ2n) is 4.84. The average Bonchev–Trinajstić information content (AvgIpc) is 2.83. The van der Waals surface area contributed by atoms with Crippen LogP contribution in [0.4, 0.5) is 4.39 Å². The first-order chi connectivity index (χ1) is 6.75. The zero-order valence-corrected chi connectivity index (χ0v) is 8.52. The van der Waals surface area contributed by atoms with Gasteiger partial charge >= 0.3 is 0 Å². The first kappa shape index (κ1) is 8.46. The number of benzene rings is 1. The van der Waals surface area contributed by atoms with E-state index < -0.39 is 0 Å². The highest BCUT2D eigenvalue weighted by molar-refractivity contribution is 5.41. The van der Waals surface area contributed by atoms with Gasteiger partial charge < -0.3 is 0 Å². The Hall–Kier alpha value is -0.850. The van der Waals surface area contributed by atoms with E-state index >= 15 is 0 Å². The number of rotatable bonds is 1. The molecule has 1 unspecified atom stereocenters. The van der Waals surface area contributed by atoms with Crippen LogP contribution < -0.4 is 0 Å². The summed E-state index contributed by atoms with van der Waals surface area (Å²) < 4.78 is 13.1. The summed E-state index contributed by atoms with van der Waals surface area (Å²) in [4.78, 5) is 0. The molecule has 1 heteroatoms. The van der Waals surface area contributed by atoms with Gasteiger partial charge in [0.15, 0.2) is 0 Å². The van der Waals surface area contributed by atoms with Gasteiger partial charge in [0.1, 0.15) is 5.82 Å². The molecule has 2 aliphatic rings. The van der Waals surface area contributed by atoms with Crippen LogP contribution in [0.1, 0.15) is 43.2 Å². The van der Waals surface area contributed by atoms with E-state index in [2.05, 4.69) is 6.92 Å². The molecule has 0 amide bonds. The van der Waals surface area contributed by atoms with Crippen LogP contribution in [0.25, 0.3) is 0 Å². The molecule has 1 spiro atoms. The van der Waals surface area contributed by atoms with E-state index in [1.54, 1.807) is 12.1 Å². The zero-order chi connectivity index (χ0) is 9.76. The van der Waals surface area contributed by atoms with Crippen LogP contribution in [-0.2, 0) is 6.42 Å². The molecule has 2 aliphatic carbocycles. The van der Waals surface area contributed by atoms with E-state index in [4.69, 9.17) is 0 Å². The molecule has 74 valence electrons. The smallest absolute Gasteiger partial charge is 0.123 e. The van der Waals surface area contributed by atoms with Crippen molar-refractivity contribution < 1.29 is 4.39 Å². The Morgan fingerprint density at radius 1 is 1.43 bits per heavy atom. The number of halogens is 1. The van der Waals surface area contributed by atoms with Crippen LogP contribution in [0.2, 0.25) is 0 Å². The SMILES string of the molecule is CCC1c2cc(F)ccc2CC12CC2. The molecule has 1 aromatic carbocycles. The van der Waals surface area contributed by atoms with Gasteiger partial charge in [-0.05, 0) is 60.3 Å². The molecule has 1 atom stereocenters. The molecule has 3 rings (SSSR count). The first-order valence-electron chi connectivity index (χ1n) is 5.53. The van der Waals surface area contributed by atoms with Crippen molar-refractivity contribution in [2.24, 2.45) is 5.41 Å². The van der Waals surface area contributed by atoms with Crippen molar-refractivity contribution in [3.05, 3.63) is 35.1 Å². The normalized spacial score (nSPS) is 26.6. The molecule has 0 heterocycles. The van der Waals surface area contributed by atoms with E-state index in [9.17, 15) is 4.39 Å². The van der Waals surface area contributed by atoms with Gasteiger partial charge in [0.25, 0.3) is 0 Å². The van der Waals surface area contributed by atoms with Crippen LogP contribution in [-0.4, -0.2) is 0 Å². The molecule has 0 aliphatic heterocycles. The minimum atomic E-state index is -0.0695. The van der Waals surface area contributed by atoms with Gasteiger partial charge in [-0.2, -0.15) is 0 Å². The number of hydrogen-bond acceptors (Lipinski definition) is 0. The van der Waals surface area contributed by atoms with E-state index in [0.717, 1.165) is 6.42 Å². The van der Waals surface area contributed by atoms with Gasteiger partial charge in [-0.3, -0.25) is 0 Å². The summed E-state index contributed by atoms with van der Waals surface area (Å²) in [5, 5.41) is 0. The maximum absolute atomic E-state index is 13.1. The lowest BCUT2D eigenvalue weighted by Crippen LogP contribution is -2.06. The summed E-state index contributed by atoms with van der Waals surface area (Å²) >= 11 is 0. The van der Waals surface area contributed by atoms with Gasteiger partial charge in [0, 0.05) is 0 Å². The minimum absolute atomic E-state index is 0.0695. The first-order valence-corrected chi connectivity index (χ1v) is 5.53. The molecular weight excluding hydrogens is 175 g/mol. The lowest BCUT2D eigenvalue weighted by molar-refractivity contribution is 0.424. The third-order valence-electron chi connectivity index (χ3n) is 4.07. The van der Waals surface area contributed by atoms with Gasteiger partial charge in [0.05, 0.1) is 0 Å². The lowest BCUT2D eigenvalue weighted by Gasteiger charge is -2.16. The van der Waals surface area contributed by atoms with Crippen molar-refractivity contribution in [2.45, 2.75) is 38.5 Å². The van der Waals surface area contributed by atoms with Crippen molar-refractivity contribution in [1.82, 2.24) is 0 Å². The molecule has 0 bridgehead atoms. The van der Waals surface area contributed by atoms with Crippen molar-refractivity contribution in [3.63, 3.8) is 0 Å². The molecule has 0 nitrogen and oxygen atoms in total. The Labute approximate surface area is 84.1 Å². The van der Waals surface area contributed by atoms with Crippen molar-refractivity contribution >= 4 is 0 Å². The van der Waals surface area contributed by atoms with Gasteiger partial charge in [-0.25, -0.2) is 4.39 Å². The van der Waals surface area contributed by atoms with Crippen molar-refractivity contribution in [3.8, 4) is 0 Å². The maximum atomic E-state index is 13.1. The molecular formula is C13H15F. The van der Waals surface area contributed by atoms with E-state index in [0.29, 0.717) is 11.3 Å². The molecule has 0 saturated heterocycles. The van der Waals surface area contributed by atoms with Crippen molar-refractivity contribution in [1.29, 1.82) is 0 Å². The fraction of sp³-hybridized carbons (Fsp3) is 0.538. The van der Waals surface area contributed by atoms with E-state index in [1.165, 1.54) is 30.4 Å². The standard InChI is InChI=1S/C13H15F/c1-2-12-11-7-10(14)4-3-9(11)8-13(12)5-6-13/h3-4,7,12H,2,5-6,8H2,1H3. The Bertz CT molecular complexity index is 377. The quantitative estimate of drug-likeness (QED) is 0.634. The topological polar surface area (TPSA) is 0 Å². The Morgan fingerprint density at radius 3 is 2.86 bits per heavy atom. The predicted molar refractivity (Wildman–Crippen MR) is 54.8 cm³/mol. The van der Waals surface area contributed by atoms with Gasteiger partial charge in [0.2, 0.25) is 0 Å². The van der Waals surface area contributed by atoms with Crippen LogP contribution in [0.5, 0.6) is 0 Å². The van der Waals surface area contributed by atoms with Crippen LogP contribution >= 0.6 is 0 Å². The average molecular weight is 190 g/mol. The van der Waals surface area contributed by atoms with Crippen molar-refractivity contribution in [2.75, 3.05) is 0 Å². The molecule has 0 radical (unpaired) electrons. The Morgan fingerprint density at radius 2 is 2.21 bits per heavy atom. The summed E-state index contributed by atoms with van der Waals surface area (Å²) in [6, 6.07) is 5.35. The third-order valence-corrected chi connectivity index (χ3v) is 4.07. The highest BCUT2D eigenvalue weighted by Gasteiger charge is 2.53. The summed E-state index contributed by atoms with van der Waals surface area (Å²) in [5.41, 5.74) is 3.24. The fourth-order valence-electron chi connectivity index (χ4n) is 3.22. The fourth-order valence-corrected chi connectivity index (χ4v) is 3.22. The highest BCUT2D eigenvalue weighted by atomic mass is 19.1. The minimum Gasteiger partial charge on any atom is -0.207 e. The van der Waals surface area contributed by atoms with Gasteiger partial charge in [-0.1, -0.05) is 13.0 Å². The summed E-state index contributed by atoms with van der Waals surface area (Å²) in [6.45, 7) is 2.23. The van der Waals surface area contributed by atoms with Crippen LogP contribution in [0.3, 0.4) is 0 Å². The molecule has 0 N–H and O–H groups in total. The second kappa shape index (κ2) is 2.59. The maximum Gasteiger partial charge on any atom is 0.123 e. The molecule has 1 fully saturated rings. The number of fused-ring (bicyclic) bond motifs is 1. The number of hydrogen-bond donors (Lipinski definition) is 0.